The summed E-state index contributed by atoms with van der Waals surface area (Å²) in [5, 5.41) is 0. The zero-order valence-corrected chi connectivity index (χ0v) is 10.8. The lowest BCUT2D eigenvalue weighted by Crippen LogP contribution is -2.21. The van der Waals surface area contributed by atoms with Crippen LogP contribution in [0.1, 0.15) is 36.0 Å². The van der Waals surface area contributed by atoms with Crippen molar-refractivity contribution in [2.24, 2.45) is 5.73 Å². The summed E-state index contributed by atoms with van der Waals surface area (Å²) in [6, 6.07) is 12.3. The van der Waals surface area contributed by atoms with E-state index >= 15 is 0 Å². The lowest BCUT2D eigenvalue weighted by Gasteiger charge is -2.32. The molecule has 98 valence electrons. The van der Waals surface area contributed by atoms with E-state index in [-0.39, 0.29) is 6.10 Å². The molecule has 1 aliphatic rings. The first kappa shape index (κ1) is 12.2. The van der Waals surface area contributed by atoms with E-state index in [0.29, 0.717) is 12.5 Å². The molecule has 1 aliphatic heterocycles. The molecular weight excluding hydrogens is 236 g/mol. The summed E-state index contributed by atoms with van der Waals surface area (Å²) in [4.78, 5) is 4.18. The Bertz CT molecular complexity index is 541. The average molecular weight is 254 g/mol. The van der Waals surface area contributed by atoms with Gasteiger partial charge in [0.1, 0.15) is 11.9 Å². The molecular formula is C16H18N2O. The number of hydrogen-bond acceptors (Lipinski definition) is 3. The van der Waals surface area contributed by atoms with E-state index in [4.69, 9.17) is 10.5 Å². The van der Waals surface area contributed by atoms with Crippen LogP contribution >= 0.6 is 0 Å². The number of para-hydroxylation sites is 1. The first-order chi connectivity index (χ1) is 9.38. The van der Waals surface area contributed by atoms with Crippen molar-refractivity contribution < 1.29 is 4.74 Å². The summed E-state index contributed by atoms with van der Waals surface area (Å²) in [7, 11) is 0. The quantitative estimate of drug-likeness (QED) is 0.915. The van der Waals surface area contributed by atoms with Crippen molar-refractivity contribution in [1.82, 2.24) is 4.98 Å². The fourth-order valence-corrected chi connectivity index (χ4v) is 2.76. The number of nitrogens with two attached hydrogens (primary N) is 1. The smallest absolute Gasteiger partial charge is 0.126 e. The number of ether oxygens (including phenoxy) is 1. The van der Waals surface area contributed by atoms with Gasteiger partial charge in [-0.05, 0) is 43.0 Å². The number of fused-ring (bicyclic) bond motifs is 1. The normalized spacial score (nSPS) is 21.5. The number of nitrogens with zero attached hydrogens (tertiary/aromatic N) is 1. The van der Waals surface area contributed by atoms with Crippen LogP contribution < -0.4 is 10.5 Å². The number of pyridine rings is 1. The first-order valence-electron chi connectivity index (χ1n) is 6.74. The van der Waals surface area contributed by atoms with Gasteiger partial charge in [-0.25, -0.2) is 0 Å². The van der Waals surface area contributed by atoms with E-state index in [1.807, 2.05) is 24.4 Å². The third kappa shape index (κ3) is 2.47. The number of benzene rings is 1. The molecule has 0 amide bonds. The minimum absolute atomic E-state index is 0.0835. The Balaban J connectivity index is 1.92. The van der Waals surface area contributed by atoms with Gasteiger partial charge in [-0.2, -0.15) is 0 Å². The predicted octanol–water partition coefficient (Wildman–Crippen LogP) is 3.04. The molecule has 0 fully saturated rings. The highest BCUT2D eigenvalue weighted by Gasteiger charge is 2.28. The molecule has 3 rings (SSSR count). The van der Waals surface area contributed by atoms with Gasteiger partial charge in [-0.3, -0.25) is 4.98 Å². The van der Waals surface area contributed by atoms with Crippen LogP contribution in [0.3, 0.4) is 0 Å². The SMILES string of the molecule is NCCC1CC(c2cccnc2)Oc2ccccc21. The number of aromatic nitrogens is 1. The molecule has 0 saturated heterocycles. The molecule has 0 bridgehead atoms. The van der Waals surface area contributed by atoms with Gasteiger partial charge in [0.15, 0.2) is 0 Å². The van der Waals surface area contributed by atoms with Gasteiger partial charge in [-0.15, -0.1) is 0 Å². The van der Waals surface area contributed by atoms with Gasteiger partial charge in [-0.1, -0.05) is 24.3 Å². The molecule has 1 aromatic carbocycles. The standard InChI is InChI=1S/C16H18N2O/c17-8-7-12-10-16(13-4-3-9-18-11-13)19-15-6-2-1-5-14(12)15/h1-6,9,11-12,16H,7-8,10,17H2. The van der Waals surface area contributed by atoms with Gasteiger partial charge < -0.3 is 10.5 Å². The monoisotopic (exact) mass is 254 g/mol. The van der Waals surface area contributed by atoms with Crippen molar-refractivity contribution >= 4 is 0 Å². The van der Waals surface area contributed by atoms with Gasteiger partial charge in [0.05, 0.1) is 0 Å². The first-order valence-corrected chi connectivity index (χ1v) is 6.74. The summed E-state index contributed by atoms with van der Waals surface area (Å²) < 4.78 is 6.11. The van der Waals surface area contributed by atoms with E-state index in [1.54, 1.807) is 6.20 Å². The van der Waals surface area contributed by atoms with Crippen LogP contribution in [0, 0.1) is 0 Å². The van der Waals surface area contributed by atoms with Crippen molar-refractivity contribution in [1.29, 1.82) is 0 Å². The van der Waals surface area contributed by atoms with E-state index in [2.05, 4.69) is 23.2 Å². The average Bonchev–Trinajstić information content (AvgIpc) is 2.48. The molecule has 0 saturated carbocycles. The molecule has 19 heavy (non-hydrogen) atoms. The van der Waals surface area contributed by atoms with Crippen LogP contribution in [0.2, 0.25) is 0 Å². The minimum Gasteiger partial charge on any atom is -0.485 e. The molecule has 2 atom stereocenters. The molecule has 2 N–H and O–H groups in total. The second kappa shape index (κ2) is 5.41. The third-order valence-electron chi connectivity index (χ3n) is 3.70. The highest BCUT2D eigenvalue weighted by molar-refractivity contribution is 5.39. The molecule has 2 heterocycles. The maximum atomic E-state index is 6.11. The van der Waals surface area contributed by atoms with E-state index < -0.39 is 0 Å². The lowest BCUT2D eigenvalue weighted by atomic mass is 9.85. The Morgan fingerprint density at radius 1 is 1.21 bits per heavy atom. The summed E-state index contributed by atoms with van der Waals surface area (Å²) in [6.07, 6.45) is 5.73. The molecule has 3 nitrogen and oxygen atoms in total. The summed E-state index contributed by atoms with van der Waals surface area (Å²) in [5.41, 5.74) is 8.17. The Kier molecular flexibility index (Phi) is 3.47. The molecule has 0 aliphatic carbocycles. The van der Waals surface area contributed by atoms with Gasteiger partial charge in [0.25, 0.3) is 0 Å². The van der Waals surface area contributed by atoms with Crippen LogP contribution in [-0.4, -0.2) is 11.5 Å². The maximum absolute atomic E-state index is 6.11. The van der Waals surface area contributed by atoms with E-state index in [0.717, 1.165) is 24.2 Å². The van der Waals surface area contributed by atoms with Crippen molar-refractivity contribution in [3.63, 3.8) is 0 Å². The summed E-state index contributed by atoms with van der Waals surface area (Å²) in [5.74, 6) is 1.46. The van der Waals surface area contributed by atoms with Crippen LogP contribution in [0.4, 0.5) is 0 Å². The Hall–Kier alpha value is -1.87. The second-order valence-electron chi connectivity index (χ2n) is 4.94. The second-order valence-corrected chi connectivity index (χ2v) is 4.94. The Morgan fingerprint density at radius 3 is 2.89 bits per heavy atom. The molecule has 2 aromatic rings. The molecule has 1 aromatic heterocycles. The minimum atomic E-state index is 0.0835. The van der Waals surface area contributed by atoms with Crippen LogP contribution in [0.5, 0.6) is 5.75 Å². The van der Waals surface area contributed by atoms with Crippen LogP contribution in [-0.2, 0) is 0 Å². The van der Waals surface area contributed by atoms with Crippen LogP contribution in [0.15, 0.2) is 48.8 Å². The largest absolute Gasteiger partial charge is 0.485 e. The highest BCUT2D eigenvalue weighted by atomic mass is 16.5. The highest BCUT2D eigenvalue weighted by Crippen LogP contribution is 2.42. The predicted molar refractivity (Wildman–Crippen MR) is 75.1 cm³/mol. The Morgan fingerprint density at radius 2 is 2.11 bits per heavy atom. The van der Waals surface area contributed by atoms with Crippen molar-refractivity contribution in [3.05, 3.63) is 59.9 Å². The molecule has 0 spiro atoms. The van der Waals surface area contributed by atoms with Gasteiger partial charge in [0.2, 0.25) is 0 Å². The molecule has 2 unspecified atom stereocenters. The van der Waals surface area contributed by atoms with Crippen molar-refractivity contribution in [2.45, 2.75) is 24.9 Å². The zero-order chi connectivity index (χ0) is 13.1. The molecule has 3 heteroatoms. The summed E-state index contributed by atoms with van der Waals surface area (Å²) in [6.45, 7) is 0.707. The lowest BCUT2D eigenvalue weighted by molar-refractivity contribution is 0.158. The Labute approximate surface area is 113 Å². The van der Waals surface area contributed by atoms with Crippen LogP contribution in [0.25, 0.3) is 0 Å². The van der Waals surface area contributed by atoms with E-state index in [1.165, 1.54) is 5.56 Å². The summed E-state index contributed by atoms with van der Waals surface area (Å²) >= 11 is 0. The van der Waals surface area contributed by atoms with Crippen molar-refractivity contribution in [2.75, 3.05) is 6.54 Å². The van der Waals surface area contributed by atoms with Crippen molar-refractivity contribution in [3.8, 4) is 5.75 Å². The maximum Gasteiger partial charge on any atom is 0.126 e. The molecule has 0 radical (unpaired) electrons. The van der Waals surface area contributed by atoms with E-state index in [9.17, 15) is 0 Å². The van der Waals surface area contributed by atoms with Gasteiger partial charge in [0, 0.05) is 18.0 Å². The number of rotatable bonds is 3. The number of hydrogen-bond donors (Lipinski definition) is 1. The fraction of sp³-hybridized carbons (Fsp3) is 0.312. The zero-order valence-electron chi connectivity index (χ0n) is 10.8. The van der Waals surface area contributed by atoms with Gasteiger partial charge >= 0.3 is 0 Å². The fourth-order valence-electron chi connectivity index (χ4n) is 2.76. The third-order valence-corrected chi connectivity index (χ3v) is 3.70. The topological polar surface area (TPSA) is 48.1 Å².